The van der Waals surface area contributed by atoms with E-state index in [0.717, 1.165) is 57.2 Å². The summed E-state index contributed by atoms with van der Waals surface area (Å²) < 4.78 is 0. The van der Waals surface area contributed by atoms with Crippen LogP contribution in [0.25, 0.3) is 0 Å². The summed E-state index contributed by atoms with van der Waals surface area (Å²) in [6.07, 6.45) is 8.51. The second-order valence-corrected chi connectivity index (χ2v) is 8.77. The second-order valence-electron chi connectivity index (χ2n) is 8.77. The van der Waals surface area contributed by atoms with Crippen molar-refractivity contribution < 1.29 is 4.79 Å². The van der Waals surface area contributed by atoms with Gasteiger partial charge in [0.05, 0.1) is 0 Å². The number of likely N-dealkylation sites (N-methyl/N-ethyl adjacent to an activating group) is 1. The first-order valence-corrected chi connectivity index (χ1v) is 11.5. The van der Waals surface area contributed by atoms with Gasteiger partial charge in [0.2, 0.25) is 5.91 Å². The monoisotopic (exact) mass is 385 g/mol. The molecule has 1 aromatic rings. The lowest BCUT2D eigenvalue weighted by molar-refractivity contribution is -0.121. The van der Waals surface area contributed by atoms with Crippen LogP contribution in [-0.2, 0) is 4.79 Å². The standard InChI is InChI=1S/C24H39N3O/c1-4-6-7-20-8-10-21(11-9-20)24(28)25-23-13-12-22(18-19(23)3)27-16-14-26(5-2)15-17-27/h12-13,18,20-21H,4-11,14-17H2,1-3H3,(H,25,28). The molecule has 1 heterocycles. The highest BCUT2D eigenvalue weighted by molar-refractivity contribution is 5.93. The molecule has 0 radical (unpaired) electrons. The molecule has 1 amide bonds. The summed E-state index contributed by atoms with van der Waals surface area (Å²) in [7, 11) is 0. The summed E-state index contributed by atoms with van der Waals surface area (Å²) >= 11 is 0. The minimum absolute atomic E-state index is 0.194. The number of carbonyl (C=O) groups is 1. The lowest BCUT2D eigenvalue weighted by Gasteiger charge is -2.35. The molecule has 28 heavy (non-hydrogen) atoms. The maximum Gasteiger partial charge on any atom is 0.227 e. The summed E-state index contributed by atoms with van der Waals surface area (Å²) in [4.78, 5) is 17.7. The molecule has 1 N–H and O–H groups in total. The quantitative estimate of drug-likeness (QED) is 0.711. The third kappa shape index (κ3) is 5.50. The molecule has 0 spiro atoms. The van der Waals surface area contributed by atoms with E-state index in [-0.39, 0.29) is 11.8 Å². The van der Waals surface area contributed by atoms with Crippen LogP contribution in [0.3, 0.4) is 0 Å². The number of hydrogen-bond donors (Lipinski definition) is 1. The number of nitrogens with zero attached hydrogens (tertiary/aromatic N) is 2. The van der Waals surface area contributed by atoms with Crippen molar-refractivity contribution in [3.8, 4) is 0 Å². The molecule has 1 aliphatic carbocycles. The smallest absolute Gasteiger partial charge is 0.227 e. The van der Waals surface area contributed by atoms with Gasteiger partial charge in [0, 0.05) is 43.5 Å². The van der Waals surface area contributed by atoms with Crippen LogP contribution in [0.5, 0.6) is 0 Å². The van der Waals surface area contributed by atoms with Gasteiger partial charge in [-0.3, -0.25) is 4.79 Å². The van der Waals surface area contributed by atoms with E-state index in [0.29, 0.717) is 0 Å². The first kappa shape index (κ1) is 21.2. The molecule has 1 aliphatic heterocycles. The SMILES string of the molecule is CCCCC1CCC(C(=O)Nc2ccc(N3CCN(CC)CC3)cc2C)CC1. The Morgan fingerprint density at radius 2 is 1.79 bits per heavy atom. The van der Waals surface area contributed by atoms with Gasteiger partial charge in [-0.1, -0.05) is 33.1 Å². The van der Waals surface area contributed by atoms with Gasteiger partial charge in [-0.15, -0.1) is 0 Å². The predicted octanol–water partition coefficient (Wildman–Crippen LogP) is 5.07. The van der Waals surface area contributed by atoms with Gasteiger partial charge >= 0.3 is 0 Å². The number of amides is 1. The molecule has 2 fully saturated rings. The fourth-order valence-corrected chi connectivity index (χ4v) is 4.75. The van der Waals surface area contributed by atoms with Crippen molar-refractivity contribution in [1.29, 1.82) is 0 Å². The first-order valence-electron chi connectivity index (χ1n) is 11.5. The molecule has 1 aromatic carbocycles. The normalized spacial score (nSPS) is 23.6. The number of rotatable bonds is 7. The Kier molecular flexibility index (Phi) is 7.78. The Hall–Kier alpha value is -1.55. The zero-order valence-electron chi connectivity index (χ0n) is 18.2. The number of benzene rings is 1. The number of carbonyl (C=O) groups excluding carboxylic acids is 1. The molecule has 4 nitrogen and oxygen atoms in total. The van der Waals surface area contributed by atoms with E-state index in [1.165, 1.54) is 43.4 Å². The number of aryl methyl sites for hydroxylation is 1. The van der Waals surface area contributed by atoms with Crippen LogP contribution < -0.4 is 10.2 Å². The van der Waals surface area contributed by atoms with Crippen LogP contribution in [0.4, 0.5) is 11.4 Å². The van der Waals surface area contributed by atoms with E-state index >= 15 is 0 Å². The lowest BCUT2D eigenvalue weighted by Crippen LogP contribution is -2.46. The zero-order valence-corrected chi connectivity index (χ0v) is 18.2. The average Bonchev–Trinajstić information content (AvgIpc) is 2.74. The van der Waals surface area contributed by atoms with Crippen molar-refractivity contribution in [2.24, 2.45) is 11.8 Å². The molecule has 3 rings (SSSR count). The minimum Gasteiger partial charge on any atom is -0.369 e. The van der Waals surface area contributed by atoms with E-state index in [2.05, 4.69) is 54.1 Å². The Labute approximate surface area is 171 Å². The Bertz CT molecular complexity index is 629. The van der Waals surface area contributed by atoms with Gasteiger partial charge in [-0.2, -0.15) is 0 Å². The Balaban J connectivity index is 1.51. The van der Waals surface area contributed by atoms with E-state index in [1.54, 1.807) is 0 Å². The van der Waals surface area contributed by atoms with Gasteiger partial charge in [0.25, 0.3) is 0 Å². The Morgan fingerprint density at radius 1 is 1.07 bits per heavy atom. The van der Waals surface area contributed by atoms with Crippen molar-refractivity contribution in [1.82, 2.24) is 4.90 Å². The van der Waals surface area contributed by atoms with Crippen molar-refractivity contribution in [2.45, 2.75) is 65.7 Å². The fourth-order valence-electron chi connectivity index (χ4n) is 4.75. The molecule has 0 aromatic heterocycles. The zero-order chi connectivity index (χ0) is 19.9. The molecule has 2 aliphatic rings. The van der Waals surface area contributed by atoms with Gasteiger partial charge in [0.1, 0.15) is 0 Å². The van der Waals surface area contributed by atoms with Crippen LogP contribution in [0.15, 0.2) is 18.2 Å². The van der Waals surface area contributed by atoms with Gasteiger partial charge in [0.15, 0.2) is 0 Å². The van der Waals surface area contributed by atoms with E-state index in [9.17, 15) is 4.79 Å². The highest BCUT2D eigenvalue weighted by Gasteiger charge is 2.26. The van der Waals surface area contributed by atoms with Crippen molar-refractivity contribution >= 4 is 17.3 Å². The molecule has 1 saturated heterocycles. The summed E-state index contributed by atoms with van der Waals surface area (Å²) in [5.41, 5.74) is 3.43. The summed E-state index contributed by atoms with van der Waals surface area (Å²) in [5.74, 6) is 1.26. The van der Waals surface area contributed by atoms with Crippen LogP contribution in [0, 0.1) is 18.8 Å². The van der Waals surface area contributed by atoms with Crippen LogP contribution >= 0.6 is 0 Å². The van der Waals surface area contributed by atoms with Crippen LogP contribution in [0.1, 0.15) is 64.4 Å². The van der Waals surface area contributed by atoms with E-state index < -0.39 is 0 Å². The second kappa shape index (κ2) is 10.3. The van der Waals surface area contributed by atoms with Crippen molar-refractivity contribution in [2.75, 3.05) is 42.9 Å². The van der Waals surface area contributed by atoms with Crippen molar-refractivity contribution in [3.63, 3.8) is 0 Å². The predicted molar refractivity (Wildman–Crippen MR) is 119 cm³/mol. The van der Waals surface area contributed by atoms with Crippen molar-refractivity contribution in [3.05, 3.63) is 23.8 Å². The summed E-state index contributed by atoms with van der Waals surface area (Å²) in [6.45, 7) is 12.2. The van der Waals surface area contributed by atoms with Crippen LogP contribution in [-0.4, -0.2) is 43.5 Å². The largest absolute Gasteiger partial charge is 0.369 e. The van der Waals surface area contributed by atoms with Gasteiger partial charge < -0.3 is 15.1 Å². The average molecular weight is 386 g/mol. The third-order valence-electron chi connectivity index (χ3n) is 6.84. The summed E-state index contributed by atoms with van der Waals surface area (Å²) in [5, 5.41) is 3.22. The Morgan fingerprint density at radius 3 is 2.39 bits per heavy atom. The molecule has 0 bridgehead atoms. The minimum atomic E-state index is 0.194. The molecule has 0 unspecified atom stereocenters. The number of nitrogens with one attached hydrogen (secondary N) is 1. The van der Waals surface area contributed by atoms with E-state index in [4.69, 9.17) is 0 Å². The highest BCUT2D eigenvalue weighted by Crippen LogP contribution is 2.33. The van der Waals surface area contributed by atoms with Gasteiger partial charge in [-0.05, 0) is 68.8 Å². The molecular formula is C24H39N3O. The molecule has 156 valence electrons. The number of piperazine rings is 1. The number of hydrogen-bond acceptors (Lipinski definition) is 3. The lowest BCUT2D eigenvalue weighted by atomic mass is 9.79. The maximum absolute atomic E-state index is 12.8. The number of anilines is 2. The molecule has 4 heteroatoms. The third-order valence-corrected chi connectivity index (χ3v) is 6.84. The molecule has 1 saturated carbocycles. The molecular weight excluding hydrogens is 346 g/mol. The fraction of sp³-hybridized carbons (Fsp3) is 0.708. The summed E-state index contributed by atoms with van der Waals surface area (Å²) in [6, 6.07) is 6.51. The van der Waals surface area contributed by atoms with E-state index in [1.807, 2.05) is 0 Å². The van der Waals surface area contributed by atoms with Crippen LogP contribution in [0.2, 0.25) is 0 Å². The topological polar surface area (TPSA) is 35.6 Å². The maximum atomic E-state index is 12.8. The first-order chi connectivity index (χ1) is 13.6. The highest BCUT2D eigenvalue weighted by atomic mass is 16.1. The van der Waals surface area contributed by atoms with Gasteiger partial charge in [-0.25, -0.2) is 0 Å². The number of unbranched alkanes of at least 4 members (excludes halogenated alkanes) is 1. The molecule has 0 atom stereocenters.